The third kappa shape index (κ3) is 7.31. The maximum atomic E-state index is 15.5. The fraction of sp³-hybridized carbons (Fsp3) is 0.458. The second kappa shape index (κ2) is 16.5. The number of aliphatic hydroxyl groups is 2. The van der Waals surface area contributed by atoms with Gasteiger partial charge < -0.3 is 39.2 Å². The van der Waals surface area contributed by atoms with Crippen LogP contribution in [0.3, 0.4) is 0 Å². The first kappa shape index (κ1) is 44.4. The highest BCUT2D eigenvalue weighted by Crippen LogP contribution is 2.64. The monoisotopic (exact) mass is 851 g/mol. The number of hydrogen-bond donors (Lipinski definition) is 3. The quantitative estimate of drug-likeness (QED) is 0.140. The van der Waals surface area contributed by atoms with E-state index in [1.165, 1.54) is 26.0 Å². The van der Waals surface area contributed by atoms with E-state index in [1.54, 1.807) is 107 Å². The molecule has 62 heavy (non-hydrogen) atoms. The second-order valence-electron chi connectivity index (χ2n) is 17.7. The van der Waals surface area contributed by atoms with Gasteiger partial charge in [-0.1, -0.05) is 80.6 Å². The Labute approximate surface area is 359 Å². The Bertz CT molecular complexity index is 2280. The number of Topliss-reactive ketones (excluding diaryl/α,β-unsaturated/α-hetero) is 1. The number of nitrogens with one attached hydrogen (secondary N) is 1. The van der Waals surface area contributed by atoms with E-state index in [-0.39, 0.29) is 29.7 Å². The third-order valence-electron chi connectivity index (χ3n) is 13.8. The zero-order valence-electron chi connectivity index (χ0n) is 35.8. The first-order chi connectivity index (χ1) is 29.3. The van der Waals surface area contributed by atoms with Crippen LogP contribution < -0.4 is 5.32 Å². The van der Waals surface area contributed by atoms with Gasteiger partial charge in [0.05, 0.1) is 41.6 Å². The normalized spacial score (nSPS) is 31.9. The summed E-state index contributed by atoms with van der Waals surface area (Å²) in [5, 5.41) is 28.8. The molecule has 0 aromatic heterocycles. The van der Waals surface area contributed by atoms with E-state index in [1.807, 2.05) is 0 Å². The fourth-order valence-electron chi connectivity index (χ4n) is 10.4. The van der Waals surface area contributed by atoms with Gasteiger partial charge in [-0.25, -0.2) is 4.79 Å². The van der Waals surface area contributed by atoms with Crippen molar-refractivity contribution < 1.29 is 62.7 Å². The van der Waals surface area contributed by atoms with Crippen LogP contribution in [0.4, 0.5) is 0 Å². The molecule has 3 aromatic carbocycles. The molecule has 14 heteroatoms. The standard InChI is InChI=1S/C48H53NO13/c1-26-33(60-43(55)27(2)37(30-17-11-8-12-18-30)49-42(54)31-19-13-9-14-20-31)24-48(57)41(61-44(56)32-21-15-10-16-22-32)39-46(7,34(52)23-35-47(39,25-58-35)62-29(4)51)40(53)38(59-28(3)50)36(26)45(48,5)6/h8-22,27,33-35,37-39,41,52,57H,23-25H2,1-7H3,(H,49,54). The Morgan fingerprint density at radius 2 is 1.40 bits per heavy atom. The molecule has 11 unspecified atom stereocenters. The molecule has 2 saturated carbocycles. The smallest absolute Gasteiger partial charge is 0.338 e. The number of rotatable bonds is 10. The Hall–Kier alpha value is -5.70. The van der Waals surface area contributed by atoms with Crippen LogP contribution in [-0.2, 0) is 42.9 Å². The number of carbonyl (C=O) groups is 6. The van der Waals surface area contributed by atoms with Crippen molar-refractivity contribution >= 4 is 35.6 Å². The maximum Gasteiger partial charge on any atom is 0.338 e. The number of esters is 4. The predicted molar refractivity (Wildman–Crippen MR) is 221 cm³/mol. The minimum Gasteiger partial charge on any atom is -0.457 e. The van der Waals surface area contributed by atoms with Crippen molar-refractivity contribution in [1.82, 2.24) is 5.32 Å². The lowest BCUT2D eigenvalue weighted by Crippen LogP contribution is -2.82. The molecule has 1 aliphatic heterocycles. The lowest BCUT2D eigenvalue weighted by Gasteiger charge is -2.67. The fourth-order valence-corrected chi connectivity index (χ4v) is 10.4. The van der Waals surface area contributed by atoms with Crippen molar-refractivity contribution in [1.29, 1.82) is 0 Å². The molecule has 0 radical (unpaired) electrons. The zero-order chi connectivity index (χ0) is 44.9. The molecule has 2 bridgehead atoms. The van der Waals surface area contributed by atoms with Gasteiger partial charge >= 0.3 is 23.9 Å². The van der Waals surface area contributed by atoms with Gasteiger partial charge in [0, 0.05) is 37.7 Å². The number of benzene rings is 3. The van der Waals surface area contributed by atoms with Gasteiger partial charge in [-0.15, -0.1) is 0 Å². The molecular weight excluding hydrogens is 799 g/mol. The molecule has 328 valence electrons. The van der Waals surface area contributed by atoms with Crippen molar-refractivity contribution in [3.05, 3.63) is 119 Å². The summed E-state index contributed by atoms with van der Waals surface area (Å²) < 4.78 is 30.7. The Balaban J connectivity index is 1.39. The van der Waals surface area contributed by atoms with Crippen LogP contribution in [0.15, 0.2) is 102 Å². The molecule has 11 atom stereocenters. The van der Waals surface area contributed by atoms with Gasteiger partial charge in [-0.05, 0) is 61.7 Å². The van der Waals surface area contributed by atoms with Crippen LogP contribution in [0.5, 0.6) is 0 Å². The number of carbonyl (C=O) groups excluding carboxylic acids is 6. The average Bonchev–Trinajstić information content (AvgIpc) is 3.24. The number of hydrogen-bond acceptors (Lipinski definition) is 13. The van der Waals surface area contributed by atoms with Crippen LogP contribution in [-0.4, -0.2) is 94.1 Å². The Morgan fingerprint density at radius 3 is 1.95 bits per heavy atom. The van der Waals surface area contributed by atoms with Gasteiger partial charge in [0.1, 0.15) is 23.9 Å². The Kier molecular flexibility index (Phi) is 11.8. The van der Waals surface area contributed by atoms with Crippen LogP contribution in [0.1, 0.15) is 93.6 Å². The van der Waals surface area contributed by atoms with Crippen molar-refractivity contribution in [3.63, 3.8) is 0 Å². The van der Waals surface area contributed by atoms with Gasteiger partial charge in [-0.2, -0.15) is 0 Å². The van der Waals surface area contributed by atoms with E-state index in [0.29, 0.717) is 11.1 Å². The molecule has 0 spiro atoms. The van der Waals surface area contributed by atoms with E-state index >= 15 is 4.79 Å². The summed E-state index contributed by atoms with van der Waals surface area (Å²) in [5.41, 5.74) is -6.21. The van der Waals surface area contributed by atoms with E-state index in [4.69, 9.17) is 23.7 Å². The summed E-state index contributed by atoms with van der Waals surface area (Å²) in [6, 6.07) is 24.5. The second-order valence-corrected chi connectivity index (χ2v) is 17.7. The molecule has 3 N–H and O–H groups in total. The van der Waals surface area contributed by atoms with E-state index in [2.05, 4.69) is 5.32 Å². The van der Waals surface area contributed by atoms with Gasteiger partial charge in [-0.3, -0.25) is 24.0 Å². The van der Waals surface area contributed by atoms with Crippen LogP contribution >= 0.6 is 0 Å². The SMILES string of the molecule is CC(=O)OC1C(=O)C2(C)C(O)CC3OCC3(OC(C)=O)C2C(OC(=O)c2ccccc2)C2(O)CC(OC(=O)C(C)C(NC(=O)c3ccccc3)c3ccccc3)C(C)=C1C2(C)C. The molecule has 7 rings (SSSR count). The number of ether oxygens (including phenoxy) is 5. The van der Waals surface area contributed by atoms with Crippen LogP contribution in [0.25, 0.3) is 0 Å². The molecule has 4 aliphatic rings. The topological polar surface area (TPSA) is 201 Å². The van der Waals surface area contributed by atoms with Gasteiger partial charge in [0.25, 0.3) is 5.91 Å². The molecule has 3 aromatic rings. The molecule has 1 amide bonds. The number of fused-ring (bicyclic) bond motifs is 5. The highest BCUT2D eigenvalue weighted by atomic mass is 16.6. The molecular formula is C48H53NO13. The summed E-state index contributed by atoms with van der Waals surface area (Å²) in [6.45, 7) is 9.87. The predicted octanol–water partition coefficient (Wildman–Crippen LogP) is 5.01. The lowest BCUT2D eigenvalue weighted by molar-refractivity contribution is -0.346. The summed E-state index contributed by atoms with van der Waals surface area (Å²) in [5.74, 6) is -7.07. The van der Waals surface area contributed by atoms with E-state index < -0.39 is 112 Å². The molecule has 1 saturated heterocycles. The summed E-state index contributed by atoms with van der Waals surface area (Å²) >= 11 is 0. The van der Waals surface area contributed by atoms with Gasteiger partial charge in [0.15, 0.2) is 17.5 Å². The molecule has 14 nitrogen and oxygen atoms in total. The molecule has 1 heterocycles. The summed E-state index contributed by atoms with van der Waals surface area (Å²) in [6.07, 6.45) is -7.99. The maximum absolute atomic E-state index is 15.5. The van der Waals surface area contributed by atoms with E-state index in [9.17, 15) is 34.2 Å². The number of ketones is 1. The van der Waals surface area contributed by atoms with Crippen molar-refractivity contribution in [2.75, 3.05) is 6.61 Å². The average molecular weight is 852 g/mol. The summed E-state index contributed by atoms with van der Waals surface area (Å²) in [4.78, 5) is 83.9. The van der Waals surface area contributed by atoms with Crippen molar-refractivity contribution in [2.45, 2.75) is 109 Å². The summed E-state index contributed by atoms with van der Waals surface area (Å²) in [7, 11) is 0. The minimum absolute atomic E-state index is 0.0787. The Morgan fingerprint density at radius 1 is 0.823 bits per heavy atom. The largest absolute Gasteiger partial charge is 0.457 e. The molecule has 3 fully saturated rings. The highest BCUT2D eigenvalue weighted by Gasteiger charge is 2.78. The van der Waals surface area contributed by atoms with E-state index in [0.717, 1.165) is 6.92 Å². The number of amides is 1. The first-order valence-corrected chi connectivity index (χ1v) is 20.8. The zero-order valence-corrected chi connectivity index (χ0v) is 35.8. The lowest BCUT2D eigenvalue weighted by atomic mass is 9.44. The minimum atomic E-state index is -2.31. The highest BCUT2D eigenvalue weighted by molar-refractivity contribution is 5.96. The number of aliphatic hydroxyl groups excluding tert-OH is 1. The molecule has 3 aliphatic carbocycles. The third-order valence-corrected chi connectivity index (χ3v) is 13.8. The van der Waals surface area contributed by atoms with Crippen LogP contribution in [0.2, 0.25) is 0 Å². The van der Waals surface area contributed by atoms with Gasteiger partial charge in [0.2, 0.25) is 0 Å². The van der Waals surface area contributed by atoms with Crippen molar-refractivity contribution in [3.8, 4) is 0 Å². The van der Waals surface area contributed by atoms with Crippen molar-refractivity contribution in [2.24, 2.45) is 22.7 Å². The van der Waals surface area contributed by atoms with Crippen LogP contribution in [0, 0.1) is 22.7 Å². The first-order valence-electron chi connectivity index (χ1n) is 20.8.